The molecule has 18 heavy (non-hydrogen) atoms. The smallest absolute Gasteiger partial charge is 0.231 e. The monoisotopic (exact) mass is 303 g/mol. The molecule has 0 aliphatic carbocycles. The number of ether oxygens (including phenoxy) is 2. The lowest BCUT2D eigenvalue weighted by molar-refractivity contribution is 0.174. The molecule has 0 amide bonds. The molecule has 1 aliphatic heterocycles. The van der Waals surface area contributed by atoms with Gasteiger partial charge in [0.15, 0.2) is 11.5 Å². The third-order valence-corrected chi connectivity index (χ3v) is 3.34. The van der Waals surface area contributed by atoms with Crippen LogP contribution in [0.2, 0.25) is 0 Å². The average molecular weight is 304 g/mol. The van der Waals surface area contributed by atoms with Gasteiger partial charge in [0.2, 0.25) is 6.79 Å². The second-order valence-corrected chi connectivity index (χ2v) is 4.70. The minimum absolute atomic E-state index is 0.291. The van der Waals surface area contributed by atoms with E-state index < -0.39 is 0 Å². The molecule has 1 aromatic carbocycles. The van der Waals surface area contributed by atoms with Crippen LogP contribution in [0.25, 0.3) is 12.2 Å². The molecule has 3 rings (SSSR count). The van der Waals surface area contributed by atoms with Crippen molar-refractivity contribution in [3.05, 3.63) is 52.3 Å². The van der Waals surface area contributed by atoms with E-state index in [1.54, 1.807) is 12.4 Å². The molecule has 0 bridgehead atoms. The van der Waals surface area contributed by atoms with Gasteiger partial charge in [-0.1, -0.05) is 28.1 Å². The Morgan fingerprint density at radius 2 is 1.78 bits per heavy atom. The maximum Gasteiger partial charge on any atom is 0.231 e. The fraction of sp³-hybridized carbons (Fsp3) is 0.0714. The molecule has 90 valence electrons. The Bertz CT molecular complexity index is 596. The summed E-state index contributed by atoms with van der Waals surface area (Å²) in [6.45, 7) is 0.291. The first-order valence-corrected chi connectivity index (χ1v) is 6.29. The number of benzene rings is 1. The number of hydrogen-bond acceptors (Lipinski definition) is 3. The highest BCUT2D eigenvalue weighted by Crippen LogP contribution is 2.37. The normalized spacial score (nSPS) is 13.2. The minimum Gasteiger partial charge on any atom is -0.454 e. The molecule has 0 atom stereocenters. The SMILES string of the molecule is Brc1cc2c(cc1/C=C\c1ccncc1)OCO2. The van der Waals surface area contributed by atoms with Gasteiger partial charge in [0.1, 0.15) is 0 Å². The van der Waals surface area contributed by atoms with Crippen LogP contribution >= 0.6 is 15.9 Å². The molecule has 0 unspecified atom stereocenters. The van der Waals surface area contributed by atoms with Crippen molar-refractivity contribution in [2.45, 2.75) is 0 Å². The Labute approximate surface area is 113 Å². The molecule has 0 saturated heterocycles. The fourth-order valence-electron chi connectivity index (χ4n) is 1.72. The maximum absolute atomic E-state index is 5.36. The molecule has 0 N–H and O–H groups in total. The summed E-state index contributed by atoms with van der Waals surface area (Å²) in [7, 11) is 0. The third-order valence-electron chi connectivity index (χ3n) is 2.65. The predicted molar refractivity (Wildman–Crippen MR) is 73.4 cm³/mol. The second kappa shape index (κ2) is 4.82. The van der Waals surface area contributed by atoms with Gasteiger partial charge in [-0.25, -0.2) is 0 Å². The maximum atomic E-state index is 5.36. The van der Waals surface area contributed by atoms with E-state index in [0.717, 1.165) is 27.1 Å². The van der Waals surface area contributed by atoms with Crippen molar-refractivity contribution in [1.29, 1.82) is 0 Å². The number of halogens is 1. The van der Waals surface area contributed by atoms with E-state index >= 15 is 0 Å². The molecule has 2 heterocycles. The zero-order chi connectivity index (χ0) is 12.4. The Hall–Kier alpha value is -1.81. The molecule has 4 heteroatoms. The number of aromatic nitrogens is 1. The number of fused-ring (bicyclic) bond motifs is 1. The van der Waals surface area contributed by atoms with E-state index in [1.165, 1.54) is 0 Å². The van der Waals surface area contributed by atoms with Gasteiger partial charge in [0.05, 0.1) is 0 Å². The Balaban J connectivity index is 1.91. The van der Waals surface area contributed by atoms with Crippen LogP contribution in [0, 0.1) is 0 Å². The highest BCUT2D eigenvalue weighted by molar-refractivity contribution is 9.10. The minimum atomic E-state index is 0.291. The van der Waals surface area contributed by atoms with Gasteiger partial charge in [0, 0.05) is 16.9 Å². The highest BCUT2D eigenvalue weighted by atomic mass is 79.9. The molecule has 1 aliphatic rings. The summed E-state index contributed by atoms with van der Waals surface area (Å²) in [6, 6.07) is 7.80. The Morgan fingerprint density at radius 1 is 1.06 bits per heavy atom. The zero-order valence-corrected chi connectivity index (χ0v) is 11.1. The molecule has 0 radical (unpaired) electrons. The summed E-state index contributed by atoms with van der Waals surface area (Å²) in [4.78, 5) is 3.99. The van der Waals surface area contributed by atoms with Crippen molar-refractivity contribution in [3.8, 4) is 11.5 Å². The summed E-state index contributed by atoms with van der Waals surface area (Å²) in [5.74, 6) is 1.57. The van der Waals surface area contributed by atoms with E-state index in [-0.39, 0.29) is 0 Å². The van der Waals surface area contributed by atoms with Crippen molar-refractivity contribution in [1.82, 2.24) is 4.98 Å². The van der Waals surface area contributed by atoms with E-state index in [2.05, 4.69) is 20.9 Å². The van der Waals surface area contributed by atoms with Gasteiger partial charge in [-0.15, -0.1) is 0 Å². The van der Waals surface area contributed by atoms with Crippen LogP contribution in [-0.2, 0) is 0 Å². The lowest BCUT2D eigenvalue weighted by atomic mass is 10.1. The van der Waals surface area contributed by atoms with Crippen LogP contribution in [0.1, 0.15) is 11.1 Å². The number of pyridine rings is 1. The van der Waals surface area contributed by atoms with Crippen LogP contribution in [0.15, 0.2) is 41.1 Å². The van der Waals surface area contributed by atoms with E-state index in [9.17, 15) is 0 Å². The highest BCUT2D eigenvalue weighted by Gasteiger charge is 2.14. The molecule has 0 spiro atoms. The van der Waals surface area contributed by atoms with Gasteiger partial charge < -0.3 is 9.47 Å². The average Bonchev–Trinajstić information content (AvgIpc) is 2.84. The molecular formula is C14H10BrNO2. The molecule has 0 fully saturated rings. The van der Waals surface area contributed by atoms with Crippen LogP contribution in [0.4, 0.5) is 0 Å². The summed E-state index contributed by atoms with van der Waals surface area (Å²) in [5, 5.41) is 0. The van der Waals surface area contributed by atoms with Crippen molar-refractivity contribution in [2.24, 2.45) is 0 Å². The third kappa shape index (κ3) is 2.24. The largest absolute Gasteiger partial charge is 0.454 e. The molecule has 1 aromatic heterocycles. The van der Waals surface area contributed by atoms with Crippen LogP contribution in [0.5, 0.6) is 11.5 Å². The van der Waals surface area contributed by atoms with Crippen LogP contribution in [-0.4, -0.2) is 11.8 Å². The van der Waals surface area contributed by atoms with Crippen LogP contribution < -0.4 is 9.47 Å². The van der Waals surface area contributed by atoms with Crippen molar-refractivity contribution in [3.63, 3.8) is 0 Å². The summed E-state index contributed by atoms with van der Waals surface area (Å²) < 4.78 is 11.7. The van der Waals surface area contributed by atoms with Gasteiger partial charge in [-0.2, -0.15) is 0 Å². The summed E-state index contributed by atoms with van der Waals surface area (Å²) >= 11 is 3.52. The lowest BCUT2D eigenvalue weighted by Crippen LogP contribution is -1.92. The first-order chi connectivity index (χ1) is 8.83. The molecule has 3 nitrogen and oxygen atoms in total. The van der Waals surface area contributed by atoms with Gasteiger partial charge in [0.25, 0.3) is 0 Å². The standard InChI is InChI=1S/C14H10BrNO2/c15-12-8-14-13(17-9-18-14)7-11(12)2-1-10-3-5-16-6-4-10/h1-8H,9H2/b2-1-. The van der Waals surface area contributed by atoms with Crippen molar-refractivity contribution < 1.29 is 9.47 Å². The van der Waals surface area contributed by atoms with Gasteiger partial charge >= 0.3 is 0 Å². The first-order valence-electron chi connectivity index (χ1n) is 5.50. The summed E-state index contributed by atoms with van der Waals surface area (Å²) in [6.07, 6.45) is 7.61. The van der Waals surface area contributed by atoms with Crippen LogP contribution in [0.3, 0.4) is 0 Å². The predicted octanol–water partition coefficient (Wildman–Crippen LogP) is 3.74. The number of hydrogen-bond donors (Lipinski definition) is 0. The molecule has 2 aromatic rings. The fourth-order valence-corrected chi connectivity index (χ4v) is 2.18. The van der Waals surface area contributed by atoms with Gasteiger partial charge in [-0.3, -0.25) is 4.98 Å². The topological polar surface area (TPSA) is 31.4 Å². The second-order valence-electron chi connectivity index (χ2n) is 3.84. The Kier molecular flexibility index (Phi) is 3.02. The van der Waals surface area contributed by atoms with E-state index in [4.69, 9.17) is 9.47 Å². The van der Waals surface area contributed by atoms with Crippen molar-refractivity contribution >= 4 is 28.1 Å². The van der Waals surface area contributed by atoms with Gasteiger partial charge in [-0.05, 0) is 35.4 Å². The van der Waals surface area contributed by atoms with E-state index in [1.807, 2.05) is 36.4 Å². The molecular weight excluding hydrogens is 294 g/mol. The van der Waals surface area contributed by atoms with E-state index in [0.29, 0.717) is 6.79 Å². The molecule has 0 saturated carbocycles. The first kappa shape index (κ1) is 11.3. The zero-order valence-electron chi connectivity index (χ0n) is 9.47. The Morgan fingerprint density at radius 3 is 2.56 bits per heavy atom. The number of nitrogens with zero attached hydrogens (tertiary/aromatic N) is 1. The summed E-state index contributed by atoms with van der Waals surface area (Å²) in [5.41, 5.74) is 2.16. The van der Waals surface area contributed by atoms with Crippen molar-refractivity contribution in [2.75, 3.05) is 6.79 Å². The lowest BCUT2D eigenvalue weighted by Gasteiger charge is -2.01. The quantitative estimate of drug-likeness (QED) is 0.847. The number of rotatable bonds is 2.